The van der Waals surface area contributed by atoms with Gasteiger partial charge in [0.15, 0.2) is 0 Å². The molecule has 0 bridgehead atoms. The van der Waals surface area contributed by atoms with Crippen molar-refractivity contribution in [2.24, 2.45) is 0 Å². The van der Waals surface area contributed by atoms with Crippen LogP contribution in [0.15, 0.2) is 78.9 Å². The molecule has 2 aliphatic rings. The van der Waals surface area contributed by atoms with E-state index >= 15 is 0 Å². The highest BCUT2D eigenvalue weighted by Crippen LogP contribution is 2.29. The van der Waals surface area contributed by atoms with Crippen molar-refractivity contribution in [3.63, 3.8) is 0 Å². The van der Waals surface area contributed by atoms with Gasteiger partial charge in [0, 0.05) is 26.6 Å². The molecule has 39 heavy (non-hydrogen) atoms. The molecule has 2 radical (unpaired) electrons. The first-order valence-electron chi connectivity index (χ1n) is 13.1. The summed E-state index contributed by atoms with van der Waals surface area (Å²) in [6, 6.07) is 23.9. The van der Waals surface area contributed by atoms with E-state index in [0.717, 1.165) is 22.3 Å². The van der Waals surface area contributed by atoms with E-state index < -0.39 is 12.2 Å². The van der Waals surface area contributed by atoms with Crippen LogP contribution >= 0.6 is 0 Å². The van der Waals surface area contributed by atoms with Crippen LogP contribution in [0.25, 0.3) is 0 Å². The number of aryl methyl sites for hydroxylation is 1. The fourth-order valence-electron chi connectivity index (χ4n) is 5.37. The molecule has 0 spiro atoms. The number of rotatable bonds is 6. The molecule has 8 nitrogen and oxygen atoms in total. The van der Waals surface area contributed by atoms with Gasteiger partial charge in [0.2, 0.25) is 11.8 Å². The molecule has 2 saturated heterocycles. The van der Waals surface area contributed by atoms with Crippen LogP contribution in [0.5, 0.6) is 0 Å². The third-order valence-electron chi connectivity index (χ3n) is 7.47. The van der Waals surface area contributed by atoms with Crippen molar-refractivity contribution in [2.75, 3.05) is 20.1 Å². The molecule has 3 aromatic carbocycles. The summed E-state index contributed by atoms with van der Waals surface area (Å²) in [5, 5.41) is 6.20. The zero-order chi connectivity index (χ0) is 27.5. The minimum Gasteiger partial charge on any atom is -0.333 e. The Morgan fingerprint density at radius 3 is 2.36 bits per heavy atom. The van der Waals surface area contributed by atoms with Crippen LogP contribution in [0.4, 0.5) is 4.79 Å². The fraction of sp³-hybridized carbons (Fsp3) is 0.300. The number of urea groups is 1. The van der Waals surface area contributed by atoms with E-state index in [-0.39, 0.29) is 30.9 Å². The number of hydrogen-bond acceptors (Lipinski definition) is 4. The molecule has 3 aromatic rings. The molecule has 0 saturated carbocycles. The monoisotopic (exact) mass is 521 g/mol. The SMILES string of the molecule is [B]c1ccc(CNC(=O)N2[C@@H]3CN(Cc4ccccc4C)C(=O)C(Cc4ccccc4)N3C(=O)CN2C)cc1. The number of carbonyl (C=O) groups excluding carboxylic acids is 3. The molecular formula is C30H32BN5O3. The first kappa shape index (κ1) is 26.5. The van der Waals surface area contributed by atoms with Crippen LogP contribution in [0.2, 0.25) is 0 Å². The number of hydrazine groups is 1. The quantitative estimate of drug-likeness (QED) is 0.504. The topological polar surface area (TPSA) is 76.2 Å². The van der Waals surface area contributed by atoms with E-state index in [9.17, 15) is 14.4 Å². The van der Waals surface area contributed by atoms with Gasteiger partial charge in [0.05, 0.1) is 13.1 Å². The van der Waals surface area contributed by atoms with Crippen molar-refractivity contribution in [3.05, 3.63) is 101 Å². The van der Waals surface area contributed by atoms with Crippen molar-refractivity contribution >= 4 is 31.2 Å². The van der Waals surface area contributed by atoms with Gasteiger partial charge >= 0.3 is 6.03 Å². The van der Waals surface area contributed by atoms with Crippen LogP contribution in [0.3, 0.4) is 0 Å². The van der Waals surface area contributed by atoms with Gasteiger partial charge in [-0.2, -0.15) is 0 Å². The standard InChI is InChI=1S/C30H32BN5O3/c1-21-8-6-7-11-24(21)18-34-19-27-35(26(29(34)38)16-22-9-4-3-5-10-22)28(37)20-33(2)36(27)30(39)32-17-23-12-14-25(31)15-13-23/h3-15,26-27H,16-20H2,1-2H3,(H,32,39)/t26?,27-/m1/s1. The fourth-order valence-corrected chi connectivity index (χ4v) is 5.37. The second-order valence-corrected chi connectivity index (χ2v) is 10.2. The Morgan fingerprint density at radius 1 is 0.949 bits per heavy atom. The molecular weight excluding hydrogens is 489 g/mol. The Bertz CT molecular complexity index is 1350. The molecule has 2 fully saturated rings. The van der Waals surface area contributed by atoms with Gasteiger partial charge in [0.25, 0.3) is 0 Å². The molecule has 2 heterocycles. The van der Waals surface area contributed by atoms with Crippen molar-refractivity contribution < 1.29 is 14.4 Å². The van der Waals surface area contributed by atoms with Gasteiger partial charge in [-0.25, -0.2) is 14.8 Å². The molecule has 1 N–H and O–H groups in total. The summed E-state index contributed by atoms with van der Waals surface area (Å²) in [6.07, 6.45) is -0.269. The van der Waals surface area contributed by atoms with Crippen molar-refractivity contribution in [2.45, 2.75) is 38.6 Å². The van der Waals surface area contributed by atoms with Gasteiger partial charge < -0.3 is 15.1 Å². The van der Waals surface area contributed by atoms with Crippen LogP contribution in [0, 0.1) is 6.92 Å². The largest absolute Gasteiger partial charge is 0.334 e. The van der Waals surface area contributed by atoms with E-state index in [0.29, 0.717) is 25.0 Å². The van der Waals surface area contributed by atoms with Gasteiger partial charge in [-0.05, 0) is 29.2 Å². The number of fused-ring (bicyclic) bond motifs is 1. The summed E-state index contributed by atoms with van der Waals surface area (Å²) < 4.78 is 0. The number of piperazine rings is 1. The lowest BCUT2D eigenvalue weighted by Crippen LogP contribution is -2.76. The first-order valence-corrected chi connectivity index (χ1v) is 13.1. The Kier molecular flexibility index (Phi) is 7.70. The van der Waals surface area contributed by atoms with Crippen molar-refractivity contribution in [1.82, 2.24) is 25.1 Å². The van der Waals surface area contributed by atoms with Crippen LogP contribution < -0.4 is 10.8 Å². The summed E-state index contributed by atoms with van der Waals surface area (Å²) in [5.74, 6) is -0.284. The highest BCUT2D eigenvalue weighted by Gasteiger charge is 2.50. The van der Waals surface area contributed by atoms with E-state index in [4.69, 9.17) is 7.85 Å². The highest BCUT2D eigenvalue weighted by atomic mass is 16.2. The van der Waals surface area contributed by atoms with E-state index in [1.165, 1.54) is 0 Å². The highest BCUT2D eigenvalue weighted by molar-refractivity contribution is 6.32. The molecule has 0 aromatic heterocycles. The first-order chi connectivity index (χ1) is 18.8. The zero-order valence-electron chi connectivity index (χ0n) is 22.3. The Hall–Kier alpha value is -4.11. The molecule has 198 valence electrons. The number of carbonyl (C=O) groups is 3. The lowest BCUT2D eigenvalue weighted by molar-refractivity contribution is -0.187. The van der Waals surface area contributed by atoms with Gasteiger partial charge in [-0.15, -0.1) is 0 Å². The normalized spacial score (nSPS) is 19.7. The molecule has 2 atom stereocenters. The van der Waals surface area contributed by atoms with E-state index in [2.05, 4.69) is 5.32 Å². The van der Waals surface area contributed by atoms with E-state index in [1.54, 1.807) is 39.0 Å². The lowest BCUT2D eigenvalue weighted by atomic mass is 9.95. The predicted octanol–water partition coefficient (Wildman–Crippen LogP) is 1.97. The zero-order valence-corrected chi connectivity index (χ0v) is 22.3. The molecule has 4 amide bonds. The number of hydrogen-bond donors (Lipinski definition) is 1. The summed E-state index contributed by atoms with van der Waals surface area (Å²) >= 11 is 0. The Balaban J connectivity index is 1.45. The summed E-state index contributed by atoms with van der Waals surface area (Å²) in [7, 11) is 7.52. The second-order valence-electron chi connectivity index (χ2n) is 10.2. The Morgan fingerprint density at radius 2 is 1.64 bits per heavy atom. The van der Waals surface area contributed by atoms with Crippen molar-refractivity contribution in [1.29, 1.82) is 0 Å². The van der Waals surface area contributed by atoms with Crippen LogP contribution in [0.1, 0.15) is 22.3 Å². The smallest absolute Gasteiger partial charge is 0.333 e. The molecule has 9 heteroatoms. The maximum absolute atomic E-state index is 13.9. The Labute approximate surface area is 230 Å². The third kappa shape index (κ3) is 5.68. The average Bonchev–Trinajstić information content (AvgIpc) is 2.92. The minimum absolute atomic E-state index is 0.00214. The second kappa shape index (κ2) is 11.3. The third-order valence-corrected chi connectivity index (χ3v) is 7.47. The molecule has 5 rings (SSSR count). The molecule has 1 unspecified atom stereocenters. The molecule has 0 aliphatic carbocycles. The average molecular weight is 521 g/mol. The van der Waals surface area contributed by atoms with Gasteiger partial charge in [-0.3, -0.25) is 9.59 Å². The number of benzene rings is 3. The van der Waals surface area contributed by atoms with Gasteiger partial charge in [-0.1, -0.05) is 84.3 Å². The van der Waals surface area contributed by atoms with Gasteiger partial charge in [0.1, 0.15) is 20.1 Å². The summed E-state index contributed by atoms with van der Waals surface area (Å²) in [4.78, 5) is 44.3. The number of likely N-dealkylation sites (N-methyl/N-ethyl adjacent to an activating group) is 1. The van der Waals surface area contributed by atoms with Crippen LogP contribution in [-0.2, 0) is 29.1 Å². The number of nitrogens with one attached hydrogen (secondary N) is 1. The number of amides is 4. The summed E-state index contributed by atoms with van der Waals surface area (Å²) in [6.45, 7) is 2.95. The van der Waals surface area contributed by atoms with E-state index in [1.807, 2.05) is 73.7 Å². The lowest BCUT2D eigenvalue weighted by Gasteiger charge is -2.54. The maximum Gasteiger partial charge on any atom is 0.334 e. The number of nitrogens with zero attached hydrogens (tertiary/aromatic N) is 4. The summed E-state index contributed by atoms with van der Waals surface area (Å²) in [5.41, 5.74) is 4.64. The molecule has 2 aliphatic heterocycles. The minimum atomic E-state index is -0.719. The predicted molar refractivity (Wildman–Crippen MR) is 150 cm³/mol. The van der Waals surface area contributed by atoms with Crippen LogP contribution in [-0.4, -0.2) is 77.9 Å². The maximum atomic E-state index is 13.9. The van der Waals surface area contributed by atoms with Crippen molar-refractivity contribution in [3.8, 4) is 0 Å².